The molecule has 3 rings (SSSR count). The molecule has 0 bridgehead atoms. The van der Waals surface area contributed by atoms with E-state index in [4.69, 9.17) is 0 Å². The second-order valence-electron chi connectivity index (χ2n) is 4.40. The second kappa shape index (κ2) is 5.50. The van der Waals surface area contributed by atoms with E-state index in [1.165, 1.54) is 15.6 Å². The molecule has 0 aliphatic heterocycles. The Morgan fingerprint density at radius 2 is 2.21 bits per heavy atom. The number of fused-ring (bicyclic) bond motifs is 1. The molecule has 2 heterocycles. The summed E-state index contributed by atoms with van der Waals surface area (Å²) >= 11 is 1.78. The normalized spacial score (nSPS) is 11.2. The molecular formula is C14H16N4S. The molecule has 3 aromatic rings. The Bertz CT molecular complexity index is 671. The summed E-state index contributed by atoms with van der Waals surface area (Å²) in [4.78, 5) is 4.31. The van der Waals surface area contributed by atoms with E-state index in [2.05, 4.69) is 52.0 Å². The van der Waals surface area contributed by atoms with Crippen LogP contribution < -0.4 is 5.32 Å². The lowest BCUT2D eigenvalue weighted by Crippen LogP contribution is -2.13. The van der Waals surface area contributed by atoms with Crippen LogP contribution in [0.25, 0.3) is 10.1 Å². The topological polar surface area (TPSA) is 42.7 Å². The number of hydrogen-bond donors (Lipinski definition) is 1. The van der Waals surface area contributed by atoms with Crippen molar-refractivity contribution in [3.63, 3.8) is 0 Å². The van der Waals surface area contributed by atoms with Gasteiger partial charge in [0.1, 0.15) is 6.33 Å². The van der Waals surface area contributed by atoms with Gasteiger partial charge in [0, 0.05) is 4.70 Å². The van der Waals surface area contributed by atoms with Crippen molar-refractivity contribution in [2.45, 2.75) is 20.0 Å². The summed E-state index contributed by atoms with van der Waals surface area (Å²) < 4.78 is 3.23. The van der Waals surface area contributed by atoms with Gasteiger partial charge in [-0.25, -0.2) is 9.67 Å². The number of benzene rings is 1. The van der Waals surface area contributed by atoms with Crippen LogP contribution in [0.1, 0.15) is 18.3 Å². The minimum atomic E-state index is 0.730. The smallest absolute Gasteiger partial charge is 0.164 e. The largest absolute Gasteiger partial charge is 0.310 e. The van der Waals surface area contributed by atoms with Crippen molar-refractivity contribution in [1.29, 1.82) is 0 Å². The van der Waals surface area contributed by atoms with Gasteiger partial charge in [0.2, 0.25) is 0 Å². The summed E-state index contributed by atoms with van der Waals surface area (Å²) in [5.41, 5.74) is 1.31. The molecule has 19 heavy (non-hydrogen) atoms. The Hall–Kier alpha value is -1.72. The molecule has 0 spiro atoms. The lowest BCUT2D eigenvalue weighted by atomic mass is 10.2. The van der Waals surface area contributed by atoms with Crippen molar-refractivity contribution < 1.29 is 0 Å². The zero-order valence-electron chi connectivity index (χ0n) is 10.8. The molecule has 0 amide bonds. The van der Waals surface area contributed by atoms with Gasteiger partial charge in [0.15, 0.2) is 5.82 Å². The van der Waals surface area contributed by atoms with E-state index < -0.39 is 0 Å². The lowest BCUT2D eigenvalue weighted by molar-refractivity contribution is 0.645. The first-order valence-corrected chi connectivity index (χ1v) is 7.29. The number of thiophene rings is 1. The van der Waals surface area contributed by atoms with Crippen molar-refractivity contribution in [1.82, 2.24) is 20.1 Å². The number of nitrogens with one attached hydrogen (secondary N) is 1. The van der Waals surface area contributed by atoms with Crippen LogP contribution in [-0.4, -0.2) is 21.3 Å². The van der Waals surface area contributed by atoms with Crippen LogP contribution in [0.3, 0.4) is 0 Å². The molecule has 0 saturated carbocycles. The zero-order valence-corrected chi connectivity index (χ0v) is 11.7. The molecule has 2 aromatic heterocycles. The predicted molar refractivity (Wildman–Crippen MR) is 78.3 cm³/mol. The quantitative estimate of drug-likeness (QED) is 0.776. The van der Waals surface area contributed by atoms with Gasteiger partial charge in [0.05, 0.1) is 13.1 Å². The molecule has 1 N–H and O–H groups in total. The van der Waals surface area contributed by atoms with Crippen LogP contribution in [0.4, 0.5) is 0 Å². The summed E-state index contributed by atoms with van der Waals surface area (Å²) in [6, 6.07) is 8.47. The average molecular weight is 272 g/mol. The molecule has 4 nitrogen and oxygen atoms in total. The first-order chi connectivity index (χ1) is 9.36. The Balaban J connectivity index is 1.79. The molecule has 5 heteroatoms. The highest BCUT2D eigenvalue weighted by Gasteiger charge is 2.06. The number of rotatable bonds is 5. The van der Waals surface area contributed by atoms with Crippen molar-refractivity contribution in [2.24, 2.45) is 0 Å². The van der Waals surface area contributed by atoms with Crippen molar-refractivity contribution in [3.8, 4) is 0 Å². The van der Waals surface area contributed by atoms with Crippen LogP contribution in [0.2, 0.25) is 0 Å². The minimum absolute atomic E-state index is 0.730. The van der Waals surface area contributed by atoms with E-state index in [0.29, 0.717) is 0 Å². The fourth-order valence-electron chi connectivity index (χ4n) is 2.06. The minimum Gasteiger partial charge on any atom is -0.310 e. The van der Waals surface area contributed by atoms with Gasteiger partial charge < -0.3 is 5.32 Å². The molecule has 1 aromatic carbocycles. The van der Waals surface area contributed by atoms with E-state index >= 15 is 0 Å². The third-order valence-electron chi connectivity index (χ3n) is 3.01. The first kappa shape index (κ1) is 12.3. The van der Waals surface area contributed by atoms with Crippen LogP contribution in [0.5, 0.6) is 0 Å². The molecule has 0 radical (unpaired) electrons. The second-order valence-corrected chi connectivity index (χ2v) is 5.31. The van der Waals surface area contributed by atoms with Crippen molar-refractivity contribution in [2.75, 3.05) is 6.54 Å². The third kappa shape index (κ3) is 2.67. The van der Waals surface area contributed by atoms with E-state index in [9.17, 15) is 0 Å². The predicted octanol–water partition coefficient (Wildman–Crippen LogP) is 2.65. The molecular weight excluding hydrogens is 256 g/mol. The van der Waals surface area contributed by atoms with Gasteiger partial charge in [-0.2, -0.15) is 5.10 Å². The summed E-state index contributed by atoms with van der Waals surface area (Å²) in [6.45, 7) is 4.52. The maximum atomic E-state index is 4.48. The fraction of sp³-hybridized carbons (Fsp3) is 0.286. The van der Waals surface area contributed by atoms with Crippen LogP contribution in [-0.2, 0) is 13.1 Å². The summed E-state index contributed by atoms with van der Waals surface area (Å²) in [6.07, 6.45) is 1.80. The third-order valence-corrected chi connectivity index (χ3v) is 4.02. The van der Waals surface area contributed by atoms with Gasteiger partial charge in [-0.1, -0.05) is 25.1 Å². The zero-order chi connectivity index (χ0) is 13.1. The Morgan fingerprint density at radius 3 is 3.11 bits per heavy atom. The molecule has 0 unspecified atom stereocenters. The Kier molecular flexibility index (Phi) is 3.57. The standard InChI is InChI=1S/C14H16N4S/c1-2-15-7-14-16-10-18(17-14)8-11-9-19-13-6-4-3-5-12(11)13/h3-6,9-10,15H,2,7-8H2,1H3. The summed E-state index contributed by atoms with van der Waals surface area (Å²) in [5, 5.41) is 11.2. The number of hydrogen-bond acceptors (Lipinski definition) is 4. The molecule has 0 fully saturated rings. The SMILES string of the molecule is CCNCc1ncn(Cc2csc3ccccc23)n1. The molecule has 0 atom stereocenters. The van der Waals surface area contributed by atoms with E-state index in [1.54, 1.807) is 17.7 Å². The van der Waals surface area contributed by atoms with Gasteiger partial charge in [-0.15, -0.1) is 11.3 Å². The van der Waals surface area contributed by atoms with Gasteiger partial charge >= 0.3 is 0 Å². The molecule has 0 aliphatic rings. The van der Waals surface area contributed by atoms with Gasteiger partial charge in [-0.05, 0) is 28.9 Å². The Labute approximate surface area is 116 Å². The van der Waals surface area contributed by atoms with Crippen molar-refractivity contribution in [3.05, 3.63) is 47.4 Å². The summed E-state index contributed by atoms with van der Waals surface area (Å²) in [5.74, 6) is 0.849. The van der Waals surface area contributed by atoms with E-state index in [0.717, 1.165) is 25.5 Å². The highest BCUT2D eigenvalue weighted by atomic mass is 32.1. The van der Waals surface area contributed by atoms with Crippen LogP contribution in [0, 0.1) is 0 Å². The fourth-order valence-corrected chi connectivity index (χ4v) is 3.01. The van der Waals surface area contributed by atoms with E-state index in [1.807, 2.05) is 4.68 Å². The van der Waals surface area contributed by atoms with Gasteiger partial charge in [0.25, 0.3) is 0 Å². The maximum Gasteiger partial charge on any atom is 0.164 e. The van der Waals surface area contributed by atoms with Crippen LogP contribution >= 0.6 is 11.3 Å². The highest BCUT2D eigenvalue weighted by Crippen LogP contribution is 2.25. The average Bonchev–Trinajstić information content (AvgIpc) is 3.05. The monoisotopic (exact) mass is 272 g/mol. The lowest BCUT2D eigenvalue weighted by Gasteiger charge is -1.99. The molecule has 0 saturated heterocycles. The summed E-state index contributed by atoms with van der Waals surface area (Å²) in [7, 11) is 0. The first-order valence-electron chi connectivity index (χ1n) is 6.41. The van der Waals surface area contributed by atoms with Crippen molar-refractivity contribution >= 4 is 21.4 Å². The van der Waals surface area contributed by atoms with E-state index in [-0.39, 0.29) is 0 Å². The number of aromatic nitrogens is 3. The molecule has 98 valence electrons. The van der Waals surface area contributed by atoms with Gasteiger partial charge in [-0.3, -0.25) is 0 Å². The Morgan fingerprint density at radius 1 is 1.32 bits per heavy atom. The molecule has 0 aliphatic carbocycles. The number of nitrogens with zero attached hydrogens (tertiary/aromatic N) is 3. The maximum absolute atomic E-state index is 4.48. The highest BCUT2D eigenvalue weighted by molar-refractivity contribution is 7.17. The van der Waals surface area contributed by atoms with Crippen LogP contribution in [0.15, 0.2) is 36.0 Å².